The normalized spacial score (nSPS) is 17.8. The van der Waals surface area contributed by atoms with Crippen molar-refractivity contribution in [3.8, 4) is 0 Å². The molecule has 0 heterocycles. The van der Waals surface area contributed by atoms with E-state index in [1.165, 1.54) is 32.1 Å². The van der Waals surface area contributed by atoms with Crippen molar-refractivity contribution >= 4 is 12.6 Å². The molecule has 0 aromatic heterocycles. The van der Waals surface area contributed by atoms with Gasteiger partial charge in [-0.2, -0.15) is 12.6 Å². The van der Waals surface area contributed by atoms with E-state index >= 15 is 0 Å². The van der Waals surface area contributed by atoms with E-state index in [4.69, 9.17) is 12.6 Å². The van der Waals surface area contributed by atoms with Crippen molar-refractivity contribution in [3.05, 3.63) is 0 Å². The summed E-state index contributed by atoms with van der Waals surface area (Å²) in [5.74, 6) is 2.32. The van der Waals surface area contributed by atoms with Crippen molar-refractivity contribution in [1.82, 2.24) is 0 Å². The van der Waals surface area contributed by atoms with Crippen LogP contribution in [0.1, 0.15) is 80.6 Å². The fourth-order valence-corrected chi connectivity index (χ4v) is 3.28. The van der Waals surface area contributed by atoms with Crippen LogP contribution in [0, 0.1) is 23.2 Å². The molecule has 110 valence electrons. The standard InChI is InChI=1S/C17H36S/c1-8-10-15(12-17(6,7)9-2)11-16(18)14(5)13(3)4/h13-16,18H,8-12H2,1-7H3/t14-,15?,16?/m0/s1. The van der Waals surface area contributed by atoms with Crippen molar-refractivity contribution in [3.63, 3.8) is 0 Å². The fourth-order valence-electron chi connectivity index (χ4n) is 2.64. The maximum atomic E-state index is 4.88. The highest BCUT2D eigenvalue weighted by Gasteiger charge is 2.25. The zero-order valence-electron chi connectivity index (χ0n) is 13.8. The number of thiol groups is 1. The Balaban J connectivity index is 4.43. The van der Waals surface area contributed by atoms with Crippen LogP contribution in [0.2, 0.25) is 0 Å². The molecule has 0 rings (SSSR count). The summed E-state index contributed by atoms with van der Waals surface area (Å²) in [6.07, 6.45) is 6.61. The van der Waals surface area contributed by atoms with E-state index in [-0.39, 0.29) is 0 Å². The van der Waals surface area contributed by atoms with Crippen LogP contribution < -0.4 is 0 Å². The van der Waals surface area contributed by atoms with Gasteiger partial charge in [0.1, 0.15) is 0 Å². The fraction of sp³-hybridized carbons (Fsp3) is 1.00. The molecular formula is C17H36S. The number of hydrogen-bond donors (Lipinski definition) is 1. The van der Waals surface area contributed by atoms with Crippen molar-refractivity contribution in [2.24, 2.45) is 23.2 Å². The van der Waals surface area contributed by atoms with Crippen LogP contribution in [0.5, 0.6) is 0 Å². The quantitative estimate of drug-likeness (QED) is 0.474. The minimum absolute atomic E-state index is 0.494. The summed E-state index contributed by atoms with van der Waals surface area (Å²) in [6.45, 7) is 16.4. The average Bonchev–Trinajstić information content (AvgIpc) is 2.27. The SMILES string of the molecule is CCCC(CC(S)[C@@H](C)C(C)C)CC(C)(C)CC. The molecular weight excluding hydrogens is 236 g/mol. The molecule has 0 N–H and O–H groups in total. The molecule has 0 saturated carbocycles. The average molecular weight is 273 g/mol. The van der Waals surface area contributed by atoms with Gasteiger partial charge in [-0.25, -0.2) is 0 Å². The predicted octanol–water partition coefficient (Wildman–Crippen LogP) is 6.21. The van der Waals surface area contributed by atoms with Crippen LogP contribution in [0.15, 0.2) is 0 Å². The second kappa shape index (κ2) is 8.51. The van der Waals surface area contributed by atoms with E-state index in [1.54, 1.807) is 0 Å². The van der Waals surface area contributed by atoms with E-state index in [0.29, 0.717) is 10.7 Å². The first-order valence-corrected chi connectivity index (χ1v) is 8.43. The van der Waals surface area contributed by atoms with Crippen molar-refractivity contribution in [2.45, 2.75) is 85.8 Å². The summed E-state index contributed by atoms with van der Waals surface area (Å²) in [5.41, 5.74) is 0.494. The maximum Gasteiger partial charge on any atom is 0.00475 e. The molecule has 0 spiro atoms. The lowest BCUT2D eigenvalue weighted by Gasteiger charge is -2.32. The summed E-state index contributed by atoms with van der Waals surface area (Å²) in [7, 11) is 0. The molecule has 0 bridgehead atoms. The topological polar surface area (TPSA) is 0 Å². The molecule has 2 unspecified atom stereocenters. The number of rotatable bonds is 9. The van der Waals surface area contributed by atoms with Crippen LogP contribution in [-0.2, 0) is 0 Å². The van der Waals surface area contributed by atoms with Crippen molar-refractivity contribution in [1.29, 1.82) is 0 Å². The van der Waals surface area contributed by atoms with E-state index in [9.17, 15) is 0 Å². The molecule has 0 aromatic rings. The summed E-state index contributed by atoms with van der Waals surface area (Å²) in [6, 6.07) is 0. The molecule has 0 aliphatic carbocycles. The molecule has 0 aliphatic heterocycles. The zero-order valence-corrected chi connectivity index (χ0v) is 14.7. The highest BCUT2D eigenvalue weighted by Crippen LogP contribution is 2.35. The van der Waals surface area contributed by atoms with Crippen LogP contribution >= 0.6 is 12.6 Å². The van der Waals surface area contributed by atoms with Crippen LogP contribution in [-0.4, -0.2) is 5.25 Å². The number of hydrogen-bond acceptors (Lipinski definition) is 1. The predicted molar refractivity (Wildman–Crippen MR) is 88.5 cm³/mol. The van der Waals surface area contributed by atoms with Gasteiger partial charge in [0.15, 0.2) is 0 Å². The van der Waals surface area contributed by atoms with E-state index in [1.807, 2.05) is 0 Å². The first-order valence-electron chi connectivity index (χ1n) is 7.91. The first kappa shape index (κ1) is 18.4. The summed E-state index contributed by atoms with van der Waals surface area (Å²) in [5, 5.41) is 0.564. The van der Waals surface area contributed by atoms with Gasteiger partial charge in [-0.3, -0.25) is 0 Å². The van der Waals surface area contributed by atoms with Gasteiger partial charge in [0.25, 0.3) is 0 Å². The Morgan fingerprint density at radius 3 is 2.00 bits per heavy atom. The third-order valence-corrected chi connectivity index (χ3v) is 5.41. The summed E-state index contributed by atoms with van der Waals surface area (Å²) in [4.78, 5) is 0. The molecule has 0 aromatic carbocycles. The smallest absolute Gasteiger partial charge is 0.00475 e. The van der Waals surface area contributed by atoms with Crippen molar-refractivity contribution in [2.75, 3.05) is 0 Å². The van der Waals surface area contributed by atoms with E-state index < -0.39 is 0 Å². The molecule has 0 radical (unpaired) electrons. The van der Waals surface area contributed by atoms with Crippen molar-refractivity contribution < 1.29 is 0 Å². The molecule has 0 fully saturated rings. The van der Waals surface area contributed by atoms with Gasteiger partial charge in [-0.15, -0.1) is 0 Å². The maximum absolute atomic E-state index is 4.88. The Labute approximate surface area is 122 Å². The zero-order chi connectivity index (χ0) is 14.3. The summed E-state index contributed by atoms with van der Waals surface area (Å²) >= 11 is 4.88. The van der Waals surface area contributed by atoms with Gasteiger partial charge in [0, 0.05) is 5.25 Å². The van der Waals surface area contributed by atoms with E-state index in [0.717, 1.165) is 17.8 Å². The minimum Gasteiger partial charge on any atom is -0.176 e. The Kier molecular flexibility index (Phi) is 8.67. The van der Waals surface area contributed by atoms with Crippen LogP contribution in [0.4, 0.5) is 0 Å². The van der Waals surface area contributed by atoms with Crippen LogP contribution in [0.25, 0.3) is 0 Å². The first-order chi connectivity index (χ1) is 8.23. The third kappa shape index (κ3) is 7.07. The molecule has 0 nitrogen and oxygen atoms in total. The molecule has 0 amide bonds. The molecule has 0 aliphatic rings. The lowest BCUT2D eigenvalue weighted by Crippen LogP contribution is -2.24. The lowest BCUT2D eigenvalue weighted by atomic mass is 9.76. The monoisotopic (exact) mass is 272 g/mol. The Hall–Kier alpha value is 0.350. The highest BCUT2D eigenvalue weighted by molar-refractivity contribution is 7.81. The van der Waals surface area contributed by atoms with Gasteiger partial charge in [0.2, 0.25) is 0 Å². The second-order valence-corrected chi connectivity index (χ2v) is 7.95. The third-order valence-electron chi connectivity index (χ3n) is 4.73. The van der Waals surface area contributed by atoms with Gasteiger partial charge in [-0.1, -0.05) is 67.7 Å². The lowest BCUT2D eigenvalue weighted by molar-refractivity contribution is 0.226. The Morgan fingerprint density at radius 2 is 1.61 bits per heavy atom. The van der Waals surface area contributed by atoms with Gasteiger partial charge in [0.05, 0.1) is 0 Å². The Bertz CT molecular complexity index is 208. The molecule has 3 atom stereocenters. The van der Waals surface area contributed by atoms with Gasteiger partial charge in [-0.05, 0) is 36.0 Å². The van der Waals surface area contributed by atoms with Crippen LogP contribution in [0.3, 0.4) is 0 Å². The minimum atomic E-state index is 0.494. The van der Waals surface area contributed by atoms with Gasteiger partial charge >= 0.3 is 0 Å². The Morgan fingerprint density at radius 1 is 1.06 bits per heavy atom. The second-order valence-electron chi connectivity index (χ2n) is 7.28. The molecule has 1 heteroatoms. The van der Waals surface area contributed by atoms with Gasteiger partial charge < -0.3 is 0 Å². The van der Waals surface area contributed by atoms with E-state index in [2.05, 4.69) is 48.5 Å². The summed E-state index contributed by atoms with van der Waals surface area (Å²) < 4.78 is 0. The highest BCUT2D eigenvalue weighted by atomic mass is 32.1. The molecule has 0 saturated heterocycles. The molecule has 18 heavy (non-hydrogen) atoms. The largest absolute Gasteiger partial charge is 0.176 e.